The van der Waals surface area contributed by atoms with Gasteiger partial charge in [0.25, 0.3) is 0 Å². The van der Waals surface area contributed by atoms with Gasteiger partial charge in [-0.2, -0.15) is 0 Å². The van der Waals surface area contributed by atoms with Crippen LogP contribution in [0.15, 0.2) is 18.2 Å². The normalized spacial score (nSPS) is 19.5. The predicted molar refractivity (Wildman–Crippen MR) is 99.2 cm³/mol. The lowest BCUT2D eigenvalue weighted by Gasteiger charge is -2.17. The molecule has 0 heterocycles. The Morgan fingerprint density at radius 1 is 1.17 bits per heavy atom. The van der Waals surface area contributed by atoms with Crippen molar-refractivity contribution in [1.29, 1.82) is 0 Å². The van der Waals surface area contributed by atoms with E-state index in [9.17, 15) is 4.79 Å². The summed E-state index contributed by atoms with van der Waals surface area (Å²) in [5.41, 5.74) is 6.73. The molecule has 1 amide bonds. The van der Waals surface area contributed by atoms with Crippen LogP contribution in [-0.2, 0) is 4.79 Å². The van der Waals surface area contributed by atoms with Gasteiger partial charge < -0.3 is 20.5 Å². The first-order valence-electron chi connectivity index (χ1n) is 8.61. The minimum absolute atomic E-state index is 0. The quantitative estimate of drug-likeness (QED) is 0.743. The monoisotopic (exact) mass is 356 g/mol. The van der Waals surface area contributed by atoms with Crippen LogP contribution in [0.2, 0.25) is 0 Å². The van der Waals surface area contributed by atoms with Crippen LogP contribution in [0.4, 0.5) is 5.69 Å². The van der Waals surface area contributed by atoms with Gasteiger partial charge in [-0.05, 0) is 37.8 Å². The third-order valence-corrected chi connectivity index (χ3v) is 4.04. The van der Waals surface area contributed by atoms with Gasteiger partial charge in [0.15, 0.2) is 11.5 Å². The third kappa shape index (κ3) is 5.56. The van der Waals surface area contributed by atoms with Crippen LogP contribution in [0, 0.1) is 5.92 Å². The summed E-state index contributed by atoms with van der Waals surface area (Å²) in [6, 6.07) is 5.50. The highest BCUT2D eigenvalue weighted by Crippen LogP contribution is 2.32. The standard InChI is InChI=1S/C18H28N2O3.ClH/c1-3-10-22-16-9-8-13(12-17(16)23-11-4-2)20-18(21)14-6-5-7-15(14)19;/h8-9,12,14-15H,3-7,10-11,19H2,1-2H3,(H,20,21);1H. The number of carbonyl (C=O) groups excluding carboxylic acids is 1. The average Bonchev–Trinajstić information content (AvgIpc) is 2.98. The van der Waals surface area contributed by atoms with Gasteiger partial charge in [0, 0.05) is 17.8 Å². The van der Waals surface area contributed by atoms with Crippen molar-refractivity contribution in [2.75, 3.05) is 18.5 Å². The Hall–Kier alpha value is -1.46. The van der Waals surface area contributed by atoms with Crippen molar-refractivity contribution in [1.82, 2.24) is 0 Å². The molecule has 0 bridgehead atoms. The van der Waals surface area contributed by atoms with E-state index in [2.05, 4.69) is 19.2 Å². The maximum Gasteiger partial charge on any atom is 0.229 e. The molecule has 0 aromatic heterocycles. The number of amides is 1. The number of rotatable bonds is 8. The molecule has 0 saturated heterocycles. The second kappa shape index (κ2) is 10.4. The van der Waals surface area contributed by atoms with Crippen molar-refractivity contribution in [3.8, 4) is 11.5 Å². The van der Waals surface area contributed by atoms with E-state index in [0.29, 0.717) is 19.0 Å². The number of nitrogens with one attached hydrogen (secondary N) is 1. The van der Waals surface area contributed by atoms with Gasteiger partial charge in [-0.1, -0.05) is 20.3 Å². The fraction of sp³-hybridized carbons (Fsp3) is 0.611. The Balaban J connectivity index is 0.00000288. The van der Waals surface area contributed by atoms with E-state index < -0.39 is 0 Å². The van der Waals surface area contributed by atoms with E-state index >= 15 is 0 Å². The van der Waals surface area contributed by atoms with Gasteiger partial charge in [0.05, 0.1) is 19.1 Å². The highest BCUT2D eigenvalue weighted by Gasteiger charge is 2.30. The summed E-state index contributed by atoms with van der Waals surface area (Å²) in [6.45, 7) is 5.38. The van der Waals surface area contributed by atoms with E-state index in [1.807, 2.05) is 18.2 Å². The molecule has 1 saturated carbocycles. The largest absolute Gasteiger partial charge is 0.490 e. The van der Waals surface area contributed by atoms with Crippen LogP contribution in [0.5, 0.6) is 11.5 Å². The molecule has 1 aromatic carbocycles. The second-order valence-corrected chi connectivity index (χ2v) is 6.05. The molecule has 1 aliphatic carbocycles. The first kappa shape index (κ1) is 20.6. The summed E-state index contributed by atoms with van der Waals surface area (Å²) in [4.78, 5) is 12.3. The van der Waals surface area contributed by atoms with Gasteiger partial charge in [0.2, 0.25) is 5.91 Å². The van der Waals surface area contributed by atoms with Crippen LogP contribution in [0.25, 0.3) is 0 Å². The Labute approximate surface area is 150 Å². The predicted octanol–water partition coefficient (Wildman–Crippen LogP) is 3.75. The zero-order valence-corrected chi connectivity index (χ0v) is 15.4. The van der Waals surface area contributed by atoms with E-state index in [0.717, 1.165) is 43.5 Å². The molecule has 2 rings (SSSR count). The number of hydrogen-bond donors (Lipinski definition) is 2. The molecule has 24 heavy (non-hydrogen) atoms. The molecule has 0 spiro atoms. The molecular weight excluding hydrogens is 328 g/mol. The zero-order chi connectivity index (χ0) is 16.7. The number of benzene rings is 1. The molecule has 1 fully saturated rings. The molecule has 136 valence electrons. The summed E-state index contributed by atoms with van der Waals surface area (Å²) >= 11 is 0. The number of anilines is 1. The number of nitrogens with two attached hydrogens (primary N) is 1. The van der Waals surface area contributed by atoms with Crippen LogP contribution in [-0.4, -0.2) is 25.2 Å². The highest BCUT2D eigenvalue weighted by atomic mass is 35.5. The molecule has 2 unspecified atom stereocenters. The number of hydrogen-bond acceptors (Lipinski definition) is 4. The van der Waals surface area contributed by atoms with Crippen molar-refractivity contribution >= 4 is 24.0 Å². The minimum Gasteiger partial charge on any atom is -0.490 e. The smallest absolute Gasteiger partial charge is 0.229 e. The lowest BCUT2D eigenvalue weighted by atomic mass is 10.0. The fourth-order valence-electron chi connectivity index (χ4n) is 2.79. The Bertz CT molecular complexity index is 525. The third-order valence-electron chi connectivity index (χ3n) is 4.04. The first-order chi connectivity index (χ1) is 11.2. The Kier molecular flexibility index (Phi) is 8.93. The molecule has 1 aliphatic rings. The first-order valence-corrected chi connectivity index (χ1v) is 8.61. The van der Waals surface area contributed by atoms with E-state index in [-0.39, 0.29) is 30.3 Å². The molecule has 1 aromatic rings. The average molecular weight is 357 g/mol. The summed E-state index contributed by atoms with van der Waals surface area (Å²) in [5.74, 6) is 1.30. The van der Waals surface area contributed by atoms with E-state index in [1.54, 1.807) is 0 Å². The second-order valence-electron chi connectivity index (χ2n) is 6.05. The number of halogens is 1. The van der Waals surface area contributed by atoms with Gasteiger partial charge in [-0.15, -0.1) is 12.4 Å². The Morgan fingerprint density at radius 2 is 1.83 bits per heavy atom. The fourth-order valence-corrected chi connectivity index (χ4v) is 2.79. The summed E-state index contributed by atoms with van der Waals surface area (Å²) in [6.07, 6.45) is 4.66. The minimum atomic E-state index is -0.0916. The van der Waals surface area contributed by atoms with Gasteiger partial charge in [-0.25, -0.2) is 0 Å². The molecule has 6 heteroatoms. The maximum atomic E-state index is 12.3. The SMILES string of the molecule is CCCOc1ccc(NC(=O)C2CCCC2N)cc1OCCC.Cl. The molecule has 0 radical (unpaired) electrons. The molecule has 5 nitrogen and oxygen atoms in total. The van der Waals surface area contributed by atoms with Gasteiger partial charge in [0.1, 0.15) is 0 Å². The van der Waals surface area contributed by atoms with Crippen molar-refractivity contribution in [3.05, 3.63) is 18.2 Å². The van der Waals surface area contributed by atoms with Crippen LogP contribution in [0.1, 0.15) is 46.0 Å². The van der Waals surface area contributed by atoms with Crippen molar-refractivity contribution in [2.24, 2.45) is 11.7 Å². The highest BCUT2D eigenvalue weighted by molar-refractivity contribution is 5.93. The lowest BCUT2D eigenvalue weighted by Crippen LogP contribution is -2.34. The van der Waals surface area contributed by atoms with Crippen molar-refractivity contribution < 1.29 is 14.3 Å². The number of ether oxygens (including phenoxy) is 2. The molecule has 0 aliphatic heterocycles. The van der Waals surface area contributed by atoms with Crippen LogP contribution < -0.4 is 20.5 Å². The lowest BCUT2D eigenvalue weighted by molar-refractivity contribution is -0.120. The topological polar surface area (TPSA) is 73.6 Å². The van der Waals surface area contributed by atoms with Gasteiger partial charge >= 0.3 is 0 Å². The van der Waals surface area contributed by atoms with Crippen LogP contribution in [0.3, 0.4) is 0 Å². The maximum absolute atomic E-state index is 12.3. The molecule has 2 atom stereocenters. The van der Waals surface area contributed by atoms with E-state index in [1.165, 1.54) is 0 Å². The number of carbonyl (C=O) groups is 1. The van der Waals surface area contributed by atoms with Crippen molar-refractivity contribution in [2.45, 2.75) is 52.0 Å². The Morgan fingerprint density at radius 3 is 2.42 bits per heavy atom. The summed E-state index contributed by atoms with van der Waals surface area (Å²) in [5, 5.41) is 2.96. The summed E-state index contributed by atoms with van der Waals surface area (Å²) in [7, 11) is 0. The zero-order valence-electron chi connectivity index (χ0n) is 14.5. The molecular formula is C18H29ClN2O3. The van der Waals surface area contributed by atoms with Crippen molar-refractivity contribution in [3.63, 3.8) is 0 Å². The van der Waals surface area contributed by atoms with Gasteiger partial charge in [-0.3, -0.25) is 4.79 Å². The summed E-state index contributed by atoms with van der Waals surface area (Å²) < 4.78 is 11.5. The molecule has 3 N–H and O–H groups in total. The van der Waals surface area contributed by atoms with Crippen LogP contribution >= 0.6 is 12.4 Å². The van der Waals surface area contributed by atoms with E-state index in [4.69, 9.17) is 15.2 Å².